The van der Waals surface area contributed by atoms with Crippen LogP contribution in [0.5, 0.6) is 0 Å². The standard InChI is InChI=1S/C14H27N3O4/c1-3-4-12(9-13(18)19)16-14(20)15-11(2)10-17-5-7-21-8-6-17/h11-12H,3-10H2,1-2H3,(H,18,19)(H2,15,16,20). The number of morpholine rings is 1. The van der Waals surface area contributed by atoms with Crippen LogP contribution in [0.3, 0.4) is 0 Å². The van der Waals surface area contributed by atoms with Crippen LogP contribution in [0.1, 0.15) is 33.1 Å². The zero-order valence-corrected chi connectivity index (χ0v) is 12.9. The fourth-order valence-electron chi connectivity index (χ4n) is 2.45. The molecule has 0 bridgehead atoms. The van der Waals surface area contributed by atoms with Gasteiger partial charge in [0.1, 0.15) is 0 Å². The van der Waals surface area contributed by atoms with Gasteiger partial charge in [0.2, 0.25) is 0 Å². The highest BCUT2D eigenvalue weighted by Crippen LogP contribution is 2.02. The number of carboxylic acids is 1. The van der Waals surface area contributed by atoms with Gasteiger partial charge in [0, 0.05) is 31.7 Å². The highest BCUT2D eigenvalue weighted by molar-refractivity contribution is 5.76. The van der Waals surface area contributed by atoms with Crippen LogP contribution in [0.25, 0.3) is 0 Å². The first-order valence-corrected chi connectivity index (χ1v) is 7.60. The summed E-state index contributed by atoms with van der Waals surface area (Å²) in [6, 6.07) is -0.603. The van der Waals surface area contributed by atoms with E-state index in [2.05, 4.69) is 15.5 Å². The Morgan fingerprint density at radius 2 is 1.95 bits per heavy atom. The molecule has 1 fully saturated rings. The summed E-state index contributed by atoms with van der Waals surface area (Å²) in [5.41, 5.74) is 0. The molecule has 0 aromatic heterocycles. The highest BCUT2D eigenvalue weighted by Gasteiger charge is 2.18. The van der Waals surface area contributed by atoms with Gasteiger partial charge >= 0.3 is 12.0 Å². The van der Waals surface area contributed by atoms with Gasteiger partial charge in [-0.3, -0.25) is 9.69 Å². The van der Waals surface area contributed by atoms with E-state index in [4.69, 9.17) is 9.84 Å². The first kappa shape index (κ1) is 17.7. The van der Waals surface area contributed by atoms with Crippen LogP contribution in [-0.2, 0) is 9.53 Å². The average Bonchev–Trinajstić information content (AvgIpc) is 2.38. The van der Waals surface area contributed by atoms with Crippen molar-refractivity contribution >= 4 is 12.0 Å². The molecule has 1 heterocycles. The minimum atomic E-state index is -0.893. The lowest BCUT2D eigenvalue weighted by Gasteiger charge is -2.29. The largest absolute Gasteiger partial charge is 0.481 e. The number of urea groups is 1. The molecule has 1 saturated heterocycles. The fraction of sp³-hybridized carbons (Fsp3) is 0.857. The third-order valence-electron chi connectivity index (χ3n) is 3.41. The van der Waals surface area contributed by atoms with E-state index >= 15 is 0 Å². The number of aliphatic carboxylic acids is 1. The molecule has 0 aromatic rings. The lowest BCUT2D eigenvalue weighted by Crippen LogP contribution is -2.50. The maximum atomic E-state index is 11.9. The molecule has 3 N–H and O–H groups in total. The van der Waals surface area contributed by atoms with Gasteiger partial charge < -0.3 is 20.5 Å². The minimum Gasteiger partial charge on any atom is -0.481 e. The third kappa shape index (κ3) is 7.87. The summed E-state index contributed by atoms with van der Waals surface area (Å²) in [6.07, 6.45) is 1.46. The SMILES string of the molecule is CCCC(CC(=O)O)NC(=O)NC(C)CN1CCOCC1. The zero-order valence-electron chi connectivity index (χ0n) is 12.9. The Balaban J connectivity index is 2.30. The smallest absolute Gasteiger partial charge is 0.315 e. The van der Waals surface area contributed by atoms with Crippen LogP contribution < -0.4 is 10.6 Å². The molecule has 0 aliphatic carbocycles. The number of hydrogen-bond acceptors (Lipinski definition) is 4. The molecular weight excluding hydrogens is 274 g/mol. The highest BCUT2D eigenvalue weighted by atomic mass is 16.5. The van der Waals surface area contributed by atoms with Crippen molar-refractivity contribution in [1.29, 1.82) is 0 Å². The van der Waals surface area contributed by atoms with Crippen molar-refractivity contribution in [2.75, 3.05) is 32.8 Å². The number of nitrogens with one attached hydrogen (secondary N) is 2. The number of nitrogens with zero attached hydrogens (tertiary/aromatic N) is 1. The lowest BCUT2D eigenvalue weighted by molar-refractivity contribution is -0.137. The second kappa shape index (κ2) is 9.57. The van der Waals surface area contributed by atoms with Crippen LogP contribution in [0.2, 0.25) is 0 Å². The van der Waals surface area contributed by atoms with E-state index in [1.807, 2.05) is 13.8 Å². The van der Waals surface area contributed by atoms with Gasteiger partial charge in [-0.2, -0.15) is 0 Å². The molecule has 1 aliphatic rings. The predicted molar refractivity (Wildman–Crippen MR) is 79.3 cm³/mol. The first-order valence-electron chi connectivity index (χ1n) is 7.60. The van der Waals surface area contributed by atoms with Crippen molar-refractivity contribution in [3.05, 3.63) is 0 Å². The van der Waals surface area contributed by atoms with Crippen LogP contribution in [0.4, 0.5) is 4.79 Å². The first-order chi connectivity index (χ1) is 10.0. The van der Waals surface area contributed by atoms with E-state index in [1.165, 1.54) is 0 Å². The van der Waals surface area contributed by atoms with Gasteiger partial charge in [-0.25, -0.2) is 4.79 Å². The molecule has 0 aromatic carbocycles. The summed E-state index contributed by atoms with van der Waals surface area (Å²) < 4.78 is 5.28. The normalized spacial score (nSPS) is 18.8. The molecule has 0 saturated carbocycles. The number of hydrogen-bond donors (Lipinski definition) is 3. The quantitative estimate of drug-likeness (QED) is 0.612. The molecule has 122 valence electrons. The lowest BCUT2D eigenvalue weighted by atomic mass is 10.1. The van der Waals surface area contributed by atoms with Crippen LogP contribution in [-0.4, -0.2) is 66.9 Å². The van der Waals surface area contributed by atoms with Crippen molar-refractivity contribution in [2.24, 2.45) is 0 Å². The van der Waals surface area contributed by atoms with E-state index in [1.54, 1.807) is 0 Å². The van der Waals surface area contributed by atoms with Crippen molar-refractivity contribution in [1.82, 2.24) is 15.5 Å². The number of rotatable bonds is 8. The Hall–Kier alpha value is -1.34. The molecule has 1 aliphatic heterocycles. The van der Waals surface area contributed by atoms with Gasteiger partial charge in [-0.05, 0) is 13.3 Å². The van der Waals surface area contributed by atoms with Crippen LogP contribution >= 0.6 is 0 Å². The van der Waals surface area contributed by atoms with Crippen LogP contribution in [0, 0.1) is 0 Å². The Morgan fingerprint density at radius 1 is 1.29 bits per heavy atom. The van der Waals surface area contributed by atoms with Gasteiger partial charge in [-0.15, -0.1) is 0 Å². The maximum Gasteiger partial charge on any atom is 0.315 e. The average molecular weight is 301 g/mol. The molecule has 0 spiro atoms. The number of carbonyl (C=O) groups is 2. The number of carbonyl (C=O) groups excluding carboxylic acids is 1. The Bertz CT molecular complexity index is 332. The van der Waals surface area contributed by atoms with Gasteiger partial charge in [0.05, 0.1) is 19.6 Å². The molecule has 2 unspecified atom stereocenters. The summed E-state index contributed by atoms with van der Waals surface area (Å²) >= 11 is 0. The monoisotopic (exact) mass is 301 g/mol. The van der Waals surface area contributed by atoms with E-state index < -0.39 is 5.97 Å². The molecule has 1 rings (SSSR count). The summed E-state index contributed by atoms with van der Waals surface area (Å²) in [5, 5.41) is 14.4. The second-order valence-corrected chi connectivity index (χ2v) is 5.52. The van der Waals surface area contributed by atoms with Crippen molar-refractivity contribution < 1.29 is 19.4 Å². The molecule has 7 heteroatoms. The van der Waals surface area contributed by atoms with Gasteiger partial charge in [0.25, 0.3) is 0 Å². The second-order valence-electron chi connectivity index (χ2n) is 5.52. The van der Waals surface area contributed by atoms with Crippen molar-refractivity contribution in [2.45, 2.75) is 45.2 Å². The zero-order chi connectivity index (χ0) is 15.7. The van der Waals surface area contributed by atoms with E-state index in [0.29, 0.717) is 6.42 Å². The topological polar surface area (TPSA) is 90.9 Å². The molecular formula is C14H27N3O4. The van der Waals surface area contributed by atoms with Crippen LogP contribution in [0.15, 0.2) is 0 Å². The summed E-state index contributed by atoms with van der Waals surface area (Å²) in [6.45, 7) is 7.91. The molecule has 2 amide bonds. The van der Waals surface area contributed by atoms with Gasteiger partial charge in [-0.1, -0.05) is 13.3 Å². The third-order valence-corrected chi connectivity index (χ3v) is 3.41. The molecule has 7 nitrogen and oxygen atoms in total. The van der Waals surface area contributed by atoms with Crippen molar-refractivity contribution in [3.8, 4) is 0 Å². The Kier molecular flexibility index (Phi) is 8.07. The number of ether oxygens (including phenoxy) is 1. The minimum absolute atomic E-state index is 0.00945. The molecule has 2 atom stereocenters. The van der Waals surface area contributed by atoms with E-state index in [-0.39, 0.29) is 24.5 Å². The predicted octanol–water partition coefficient (Wildman–Crippen LogP) is 0.650. The maximum absolute atomic E-state index is 11.9. The Morgan fingerprint density at radius 3 is 2.52 bits per heavy atom. The van der Waals surface area contributed by atoms with E-state index in [0.717, 1.165) is 39.3 Å². The fourth-order valence-corrected chi connectivity index (χ4v) is 2.45. The molecule has 0 radical (unpaired) electrons. The van der Waals surface area contributed by atoms with Gasteiger partial charge in [0.15, 0.2) is 0 Å². The molecule has 21 heavy (non-hydrogen) atoms. The van der Waals surface area contributed by atoms with Crippen molar-refractivity contribution in [3.63, 3.8) is 0 Å². The number of amides is 2. The van der Waals surface area contributed by atoms with E-state index in [9.17, 15) is 9.59 Å². The summed E-state index contributed by atoms with van der Waals surface area (Å²) in [4.78, 5) is 24.9. The summed E-state index contributed by atoms with van der Waals surface area (Å²) in [7, 11) is 0. The number of carboxylic acid groups (broad SMARTS) is 1. The Labute approximate surface area is 126 Å². The summed E-state index contributed by atoms with van der Waals surface area (Å²) in [5.74, 6) is -0.893.